The minimum atomic E-state index is -0.380. The van der Waals surface area contributed by atoms with Crippen molar-refractivity contribution in [3.8, 4) is 5.75 Å². The summed E-state index contributed by atoms with van der Waals surface area (Å²) in [6, 6.07) is 5.68. The van der Waals surface area contributed by atoms with Gasteiger partial charge in [0.15, 0.2) is 4.71 Å². The van der Waals surface area contributed by atoms with E-state index in [9.17, 15) is 9.18 Å². The first-order valence-corrected chi connectivity index (χ1v) is 8.22. The van der Waals surface area contributed by atoms with E-state index in [-0.39, 0.29) is 22.2 Å². The first-order valence-electron chi connectivity index (χ1n) is 6.83. The number of hydrogen-bond acceptors (Lipinski definition) is 6. The second-order valence-corrected chi connectivity index (χ2v) is 5.90. The van der Waals surface area contributed by atoms with Crippen molar-refractivity contribution >= 4 is 40.1 Å². The smallest absolute Gasteiger partial charge is 0.211 e. The number of carbonyl (C=O) groups is 1. The molecule has 2 rings (SSSR count). The summed E-state index contributed by atoms with van der Waals surface area (Å²) in [5, 5.41) is 0.440. The Morgan fingerprint density at radius 2 is 2.17 bits per heavy atom. The molecule has 1 aromatic heterocycles. The summed E-state index contributed by atoms with van der Waals surface area (Å²) < 4.78 is 29.9. The fourth-order valence-corrected chi connectivity index (χ4v) is 2.52. The van der Waals surface area contributed by atoms with E-state index >= 15 is 0 Å². The maximum atomic E-state index is 13.4. The zero-order chi connectivity index (χ0) is 16.7. The molecule has 0 bridgehead atoms. The third kappa shape index (κ3) is 5.46. The molecule has 2 aromatic rings. The largest absolute Gasteiger partial charge is 0.490 e. The molecule has 1 heterocycles. The van der Waals surface area contributed by atoms with Crippen molar-refractivity contribution < 1.29 is 23.1 Å². The quantitative estimate of drug-likeness (QED) is 0.403. The summed E-state index contributed by atoms with van der Waals surface area (Å²) in [5.74, 6) is 0.630. The topological polar surface area (TPSA) is 48.7 Å². The molecule has 0 fully saturated rings. The molecule has 0 radical (unpaired) electrons. The lowest BCUT2D eigenvalue weighted by Crippen LogP contribution is -2.09. The van der Waals surface area contributed by atoms with Crippen LogP contribution in [0.3, 0.4) is 0 Å². The van der Waals surface area contributed by atoms with Crippen molar-refractivity contribution in [3.63, 3.8) is 0 Å². The molecule has 7 heteroatoms. The summed E-state index contributed by atoms with van der Waals surface area (Å²) in [4.78, 5) is 11.0. The summed E-state index contributed by atoms with van der Waals surface area (Å²) in [5.41, 5.74) is 0.467. The van der Waals surface area contributed by atoms with Gasteiger partial charge in [-0.05, 0) is 36.5 Å². The lowest BCUT2D eigenvalue weighted by Gasteiger charge is -2.09. The molecule has 0 unspecified atom stereocenters. The molecule has 0 amide bonds. The molecule has 0 aliphatic rings. The van der Waals surface area contributed by atoms with Gasteiger partial charge in [-0.2, -0.15) is 0 Å². The van der Waals surface area contributed by atoms with Crippen LogP contribution in [0.4, 0.5) is 4.39 Å². The Morgan fingerprint density at radius 1 is 1.35 bits per heavy atom. The van der Waals surface area contributed by atoms with E-state index in [4.69, 9.17) is 26.1 Å². The number of halogens is 1. The third-order valence-corrected chi connectivity index (χ3v) is 3.81. The highest BCUT2D eigenvalue weighted by Gasteiger charge is 2.07. The minimum Gasteiger partial charge on any atom is -0.490 e. The lowest BCUT2D eigenvalue weighted by atomic mass is 10.2. The fourth-order valence-electron chi connectivity index (χ4n) is 1.80. The van der Waals surface area contributed by atoms with Gasteiger partial charge in [0.25, 0.3) is 0 Å². The first kappa shape index (κ1) is 17.7. The SMILES string of the molecule is C=CC(=O)SCCOCCOc1cc(=S)oc2ccc(F)cc12. The second kappa shape index (κ2) is 8.81. The molecular formula is C16H15FO4S2. The van der Waals surface area contributed by atoms with Crippen LogP contribution in [0.1, 0.15) is 0 Å². The third-order valence-electron chi connectivity index (χ3n) is 2.79. The Balaban J connectivity index is 1.85. The predicted octanol–water partition coefficient (Wildman–Crippen LogP) is 4.14. The van der Waals surface area contributed by atoms with Crippen molar-refractivity contribution in [2.24, 2.45) is 0 Å². The average molecular weight is 354 g/mol. The van der Waals surface area contributed by atoms with Gasteiger partial charge in [0.1, 0.15) is 23.8 Å². The first-order chi connectivity index (χ1) is 11.1. The molecular weight excluding hydrogens is 339 g/mol. The van der Waals surface area contributed by atoms with Crippen LogP contribution in [0.25, 0.3) is 11.0 Å². The molecule has 0 saturated carbocycles. The van der Waals surface area contributed by atoms with E-state index < -0.39 is 0 Å². The molecule has 23 heavy (non-hydrogen) atoms. The normalized spacial score (nSPS) is 10.7. The Morgan fingerprint density at radius 3 is 2.96 bits per heavy atom. The summed E-state index contributed by atoms with van der Waals surface area (Å²) >= 11 is 6.16. The van der Waals surface area contributed by atoms with Gasteiger partial charge in [-0.15, -0.1) is 0 Å². The van der Waals surface area contributed by atoms with Gasteiger partial charge < -0.3 is 13.9 Å². The maximum absolute atomic E-state index is 13.4. The molecule has 0 saturated heterocycles. The molecule has 1 aromatic carbocycles. The van der Waals surface area contributed by atoms with E-state index in [0.29, 0.717) is 35.7 Å². The Hall–Kier alpha value is -1.70. The van der Waals surface area contributed by atoms with Gasteiger partial charge in [0.05, 0.1) is 18.6 Å². The van der Waals surface area contributed by atoms with Crippen LogP contribution in [0.5, 0.6) is 5.75 Å². The van der Waals surface area contributed by atoms with E-state index in [0.717, 1.165) is 11.8 Å². The Labute approximate surface area is 142 Å². The van der Waals surface area contributed by atoms with Gasteiger partial charge in [-0.25, -0.2) is 4.39 Å². The van der Waals surface area contributed by atoms with Crippen LogP contribution >= 0.6 is 24.0 Å². The summed E-state index contributed by atoms with van der Waals surface area (Å²) in [6.45, 7) is 4.44. The number of thioether (sulfide) groups is 1. The van der Waals surface area contributed by atoms with Crippen LogP contribution in [0.2, 0.25) is 0 Å². The monoisotopic (exact) mass is 354 g/mol. The zero-order valence-corrected chi connectivity index (χ0v) is 13.9. The van der Waals surface area contributed by atoms with Gasteiger partial charge in [-0.1, -0.05) is 18.3 Å². The van der Waals surface area contributed by atoms with Crippen LogP contribution in [0.15, 0.2) is 41.3 Å². The number of rotatable bonds is 8. The van der Waals surface area contributed by atoms with Crippen LogP contribution in [0, 0.1) is 10.5 Å². The van der Waals surface area contributed by atoms with Crippen LogP contribution in [-0.2, 0) is 9.53 Å². The average Bonchev–Trinajstić information content (AvgIpc) is 2.54. The highest BCUT2D eigenvalue weighted by atomic mass is 32.2. The van der Waals surface area contributed by atoms with Gasteiger partial charge in [0, 0.05) is 11.8 Å². The molecule has 0 N–H and O–H groups in total. The second-order valence-electron chi connectivity index (χ2n) is 4.40. The molecule has 0 aliphatic carbocycles. The number of benzene rings is 1. The van der Waals surface area contributed by atoms with E-state index in [1.165, 1.54) is 30.3 Å². The lowest BCUT2D eigenvalue weighted by molar-refractivity contribution is -0.107. The van der Waals surface area contributed by atoms with E-state index in [2.05, 4.69) is 6.58 Å². The van der Waals surface area contributed by atoms with E-state index in [1.54, 1.807) is 0 Å². The highest BCUT2D eigenvalue weighted by Crippen LogP contribution is 2.27. The van der Waals surface area contributed by atoms with Crippen molar-refractivity contribution in [1.82, 2.24) is 0 Å². The summed E-state index contributed by atoms with van der Waals surface area (Å²) in [7, 11) is 0. The fraction of sp³-hybridized carbons (Fsp3) is 0.250. The number of carbonyl (C=O) groups excluding carboxylic acids is 1. The highest BCUT2D eigenvalue weighted by molar-refractivity contribution is 8.14. The van der Waals surface area contributed by atoms with Crippen molar-refractivity contribution in [2.75, 3.05) is 25.6 Å². The molecule has 0 atom stereocenters. The van der Waals surface area contributed by atoms with Gasteiger partial charge >= 0.3 is 0 Å². The van der Waals surface area contributed by atoms with Crippen molar-refractivity contribution in [1.29, 1.82) is 0 Å². The Bertz CT molecular complexity index is 757. The number of fused-ring (bicyclic) bond motifs is 1. The molecule has 122 valence electrons. The predicted molar refractivity (Wildman–Crippen MR) is 91.0 cm³/mol. The zero-order valence-electron chi connectivity index (χ0n) is 12.2. The molecule has 0 aliphatic heterocycles. The molecule has 4 nitrogen and oxygen atoms in total. The van der Waals surface area contributed by atoms with E-state index in [1.807, 2.05) is 0 Å². The minimum absolute atomic E-state index is 0.0793. The number of hydrogen-bond donors (Lipinski definition) is 0. The van der Waals surface area contributed by atoms with Crippen LogP contribution < -0.4 is 4.74 Å². The molecule has 0 spiro atoms. The summed E-state index contributed by atoms with van der Waals surface area (Å²) in [6.07, 6.45) is 1.27. The van der Waals surface area contributed by atoms with Crippen molar-refractivity contribution in [2.45, 2.75) is 0 Å². The standard InChI is InChI=1S/C16H15FO4S2/c1-2-15(18)23-8-7-19-5-6-20-14-10-16(22)21-13-4-3-11(17)9-12(13)14/h2-4,9-10H,1,5-8H2. The van der Waals surface area contributed by atoms with Gasteiger partial charge in [0.2, 0.25) is 5.12 Å². The number of ether oxygens (including phenoxy) is 2. The van der Waals surface area contributed by atoms with Crippen molar-refractivity contribution in [3.05, 3.63) is 47.4 Å². The van der Waals surface area contributed by atoms with Gasteiger partial charge in [-0.3, -0.25) is 4.79 Å². The van der Waals surface area contributed by atoms with Crippen LogP contribution in [-0.4, -0.2) is 30.7 Å². The maximum Gasteiger partial charge on any atom is 0.211 e. The Kier molecular flexibility index (Phi) is 6.76.